The van der Waals surface area contributed by atoms with E-state index in [2.05, 4.69) is 16.2 Å². The molecule has 0 amide bonds. The van der Waals surface area contributed by atoms with Crippen molar-refractivity contribution in [3.05, 3.63) is 81.3 Å². The summed E-state index contributed by atoms with van der Waals surface area (Å²) in [6.45, 7) is 5.64. The van der Waals surface area contributed by atoms with Gasteiger partial charge in [0.05, 0.1) is 29.6 Å². The van der Waals surface area contributed by atoms with Crippen LogP contribution in [0.1, 0.15) is 34.1 Å². The van der Waals surface area contributed by atoms with E-state index in [1.807, 2.05) is 38.1 Å². The van der Waals surface area contributed by atoms with Crippen LogP contribution in [0.5, 0.6) is 0 Å². The molecule has 0 saturated carbocycles. The second-order valence-electron chi connectivity index (χ2n) is 7.18. The Bertz CT molecular complexity index is 1390. The molecule has 31 heavy (non-hydrogen) atoms. The zero-order valence-corrected chi connectivity index (χ0v) is 17.4. The minimum atomic E-state index is -0.727. The molecule has 0 spiro atoms. The lowest BCUT2D eigenvalue weighted by molar-refractivity contribution is 0.0524. The first-order valence-corrected chi connectivity index (χ1v) is 9.85. The molecule has 4 aromatic rings. The van der Waals surface area contributed by atoms with Crippen molar-refractivity contribution in [3.63, 3.8) is 0 Å². The van der Waals surface area contributed by atoms with Crippen molar-refractivity contribution in [1.82, 2.24) is 14.6 Å². The van der Waals surface area contributed by atoms with Gasteiger partial charge in [0.15, 0.2) is 5.56 Å². The van der Waals surface area contributed by atoms with Gasteiger partial charge in [-0.25, -0.2) is 4.79 Å². The number of fused-ring (bicyclic) bond motifs is 1. The van der Waals surface area contributed by atoms with Gasteiger partial charge >= 0.3 is 5.97 Å². The molecule has 0 radical (unpaired) electrons. The van der Waals surface area contributed by atoms with Gasteiger partial charge in [-0.2, -0.15) is 14.9 Å². The second kappa shape index (κ2) is 7.92. The fraction of sp³-hybridized carbons (Fsp3) is 0.167. The van der Waals surface area contributed by atoms with Crippen molar-refractivity contribution >= 4 is 11.6 Å². The molecule has 0 aliphatic carbocycles. The van der Waals surface area contributed by atoms with Crippen LogP contribution in [-0.2, 0) is 4.74 Å². The molecule has 1 N–H and O–H groups in total. The lowest BCUT2D eigenvalue weighted by Crippen LogP contribution is -2.26. The molecule has 0 bridgehead atoms. The van der Waals surface area contributed by atoms with Gasteiger partial charge in [-0.15, -0.1) is 0 Å². The van der Waals surface area contributed by atoms with Gasteiger partial charge in [0.1, 0.15) is 5.65 Å². The number of nitrogens with zero attached hydrogens (tertiary/aromatic N) is 3. The number of esters is 1. The van der Waals surface area contributed by atoms with E-state index in [9.17, 15) is 9.59 Å². The van der Waals surface area contributed by atoms with E-state index in [-0.39, 0.29) is 12.2 Å². The normalized spacial score (nSPS) is 10.8. The number of hydrogen-bond acceptors (Lipinski definition) is 5. The van der Waals surface area contributed by atoms with Crippen LogP contribution in [-0.4, -0.2) is 27.2 Å². The summed E-state index contributed by atoms with van der Waals surface area (Å²) in [5, 5.41) is 13.5. The predicted molar refractivity (Wildman–Crippen MR) is 117 cm³/mol. The topological polar surface area (TPSA) is 100 Å². The highest BCUT2D eigenvalue weighted by Gasteiger charge is 2.25. The van der Waals surface area contributed by atoms with E-state index in [4.69, 9.17) is 10.00 Å². The van der Waals surface area contributed by atoms with Crippen molar-refractivity contribution in [2.45, 2.75) is 20.8 Å². The first-order valence-electron chi connectivity index (χ1n) is 9.85. The fourth-order valence-electron chi connectivity index (χ4n) is 3.57. The second-order valence-corrected chi connectivity index (χ2v) is 7.18. The number of hydrogen-bond donors (Lipinski definition) is 1. The third kappa shape index (κ3) is 3.49. The quantitative estimate of drug-likeness (QED) is 0.510. The van der Waals surface area contributed by atoms with Gasteiger partial charge < -0.3 is 9.72 Å². The van der Waals surface area contributed by atoms with Gasteiger partial charge in [0, 0.05) is 5.56 Å². The number of aromatic amines is 1. The SMILES string of the molecule is CCOC(=O)c1c(-c2ccc(C#N)cc2)[nH]c2c(-c3ccc(C)cc3)c(C)nn2c1=O. The summed E-state index contributed by atoms with van der Waals surface area (Å²) in [6.07, 6.45) is 0. The van der Waals surface area contributed by atoms with Gasteiger partial charge in [0.2, 0.25) is 0 Å². The molecule has 7 nitrogen and oxygen atoms in total. The summed E-state index contributed by atoms with van der Waals surface area (Å²) in [5.41, 5.74) is 4.65. The van der Waals surface area contributed by atoms with E-state index in [1.165, 1.54) is 4.52 Å². The summed E-state index contributed by atoms with van der Waals surface area (Å²) in [5.74, 6) is -0.727. The fourth-order valence-corrected chi connectivity index (χ4v) is 3.57. The first-order chi connectivity index (χ1) is 14.9. The summed E-state index contributed by atoms with van der Waals surface area (Å²) in [6, 6.07) is 16.6. The van der Waals surface area contributed by atoms with Crippen LogP contribution < -0.4 is 5.56 Å². The van der Waals surface area contributed by atoms with Gasteiger partial charge in [-0.1, -0.05) is 42.0 Å². The Morgan fingerprint density at radius 1 is 1.10 bits per heavy atom. The maximum atomic E-state index is 13.3. The Labute approximate surface area is 178 Å². The van der Waals surface area contributed by atoms with Crippen LogP contribution in [0.4, 0.5) is 0 Å². The Balaban J connectivity index is 2.05. The predicted octanol–water partition coefficient (Wildman–Crippen LogP) is 4.02. The summed E-state index contributed by atoms with van der Waals surface area (Å²) >= 11 is 0. The standard InChI is InChI=1S/C24H20N4O3/c1-4-31-24(30)20-21(18-11-7-16(13-25)8-12-18)26-22-19(15(3)27-28(22)23(20)29)17-9-5-14(2)6-10-17/h5-12,26H,4H2,1-3H3. The lowest BCUT2D eigenvalue weighted by Gasteiger charge is -2.11. The van der Waals surface area contributed by atoms with Gasteiger partial charge in [-0.3, -0.25) is 4.79 Å². The maximum Gasteiger partial charge on any atom is 0.346 e. The highest BCUT2D eigenvalue weighted by atomic mass is 16.5. The van der Waals surface area contributed by atoms with Gasteiger partial charge in [0.25, 0.3) is 5.56 Å². The van der Waals surface area contributed by atoms with Crippen molar-refractivity contribution in [1.29, 1.82) is 5.26 Å². The lowest BCUT2D eigenvalue weighted by atomic mass is 10.0. The molecule has 154 valence electrons. The minimum Gasteiger partial charge on any atom is -0.462 e. The first kappa shape index (κ1) is 20.1. The van der Waals surface area contributed by atoms with Crippen molar-refractivity contribution < 1.29 is 9.53 Å². The molecule has 2 aromatic carbocycles. The Morgan fingerprint density at radius 3 is 2.35 bits per heavy atom. The van der Waals surface area contributed by atoms with E-state index in [0.29, 0.717) is 28.2 Å². The molecular weight excluding hydrogens is 392 g/mol. The Hall–Kier alpha value is -4.18. The highest BCUT2D eigenvalue weighted by Crippen LogP contribution is 2.29. The summed E-state index contributed by atoms with van der Waals surface area (Å²) < 4.78 is 6.36. The van der Waals surface area contributed by atoms with Crippen LogP contribution in [0.25, 0.3) is 28.0 Å². The molecule has 0 aliphatic rings. The maximum absolute atomic E-state index is 13.3. The molecule has 0 fully saturated rings. The molecule has 0 aliphatic heterocycles. The van der Waals surface area contributed by atoms with Crippen LogP contribution >= 0.6 is 0 Å². The summed E-state index contributed by atoms with van der Waals surface area (Å²) in [4.78, 5) is 29.3. The van der Waals surface area contributed by atoms with Crippen LogP contribution in [0.3, 0.4) is 0 Å². The number of aromatic nitrogens is 3. The smallest absolute Gasteiger partial charge is 0.346 e. The zero-order chi connectivity index (χ0) is 22.1. The average molecular weight is 412 g/mol. The molecule has 2 heterocycles. The van der Waals surface area contributed by atoms with Crippen molar-refractivity contribution in [3.8, 4) is 28.5 Å². The van der Waals surface area contributed by atoms with E-state index >= 15 is 0 Å². The number of benzene rings is 2. The third-order valence-corrected chi connectivity index (χ3v) is 5.08. The number of H-pyrrole nitrogens is 1. The number of carbonyl (C=O) groups excluding carboxylic acids is 1. The Kier molecular flexibility index (Phi) is 5.14. The number of aryl methyl sites for hydroxylation is 2. The number of carbonyl (C=O) groups is 1. The van der Waals surface area contributed by atoms with Gasteiger partial charge in [-0.05, 0) is 44.0 Å². The monoisotopic (exact) mass is 412 g/mol. The van der Waals surface area contributed by atoms with Crippen LogP contribution in [0.15, 0.2) is 53.3 Å². The number of nitrogens with one attached hydrogen (secondary N) is 1. The van der Waals surface area contributed by atoms with E-state index < -0.39 is 11.5 Å². The average Bonchev–Trinajstić information content (AvgIpc) is 3.10. The van der Waals surface area contributed by atoms with Crippen LogP contribution in [0, 0.1) is 25.2 Å². The number of rotatable bonds is 4. The van der Waals surface area contributed by atoms with E-state index in [0.717, 1.165) is 16.7 Å². The molecule has 0 unspecified atom stereocenters. The van der Waals surface area contributed by atoms with E-state index in [1.54, 1.807) is 31.2 Å². The molecular formula is C24H20N4O3. The molecule has 4 rings (SSSR count). The molecule has 7 heteroatoms. The summed E-state index contributed by atoms with van der Waals surface area (Å²) in [7, 11) is 0. The largest absolute Gasteiger partial charge is 0.462 e. The number of nitriles is 1. The number of ether oxygens (including phenoxy) is 1. The minimum absolute atomic E-state index is 0.128. The van der Waals surface area contributed by atoms with Crippen molar-refractivity contribution in [2.24, 2.45) is 0 Å². The molecule has 0 saturated heterocycles. The van der Waals surface area contributed by atoms with Crippen LogP contribution in [0.2, 0.25) is 0 Å². The molecule has 2 aromatic heterocycles. The Morgan fingerprint density at radius 2 is 1.74 bits per heavy atom. The molecule has 0 atom stereocenters. The highest BCUT2D eigenvalue weighted by molar-refractivity contribution is 5.97. The zero-order valence-electron chi connectivity index (χ0n) is 17.4. The third-order valence-electron chi connectivity index (χ3n) is 5.08. The van der Waals surface area contributed by atoms with Crippen molar-refractivity contribution in [2.75, 3.05) is 6.61 Å².